The van der Waals surface area contributed by atoms with Gasteiger partial charge in [0.2, 0.25) is 0 Å². The SMILES string of the molecule is O=C(O)C(Cc1ccc(OC(F)F)cc1)NCc1ccc2c(n1)CCC2. The van der Waals surface area contributed by atoms with Gasteiger partial charge in [-0.25, -0.2) is 0 Å². The van der Waals surface area contributed by atoms with Crippen molar-refractivity contribution in [1.82, 2.24) is 10.3 Å². The molecule has 5 nitrogen and oxygen atoms in total. The number of hydrogen-bond donors (Lipinski definition) is 2. The van der Waals surface area contributed by atoms with E-state index in [1.54, 1.807) is 12.1 Å². The maximum absolute atomic E-state index is 12.2. The van der Waals surface area contributed by atoms with Crippen molar-refractivity contribution in [1.29, 1.82) is 0 Å². The monoisotopic (exact) mass is 362 g/mol. The number of pyridine rings is 1. The summed E-state index contributed by atoms with van der Waals surface area (Å²) < 4.78 is 28.6. The number of carbonyl (C=O) groups is 1. The molecular formula is C19H20F2N2O3. The first kappa shape index (κ1) is 18.3. The highest BCUT2D eigenvalue weighted by Crippen LogP contribution is 2.20. The molecule has 1 heterocycles. The molecule has 0 aliphatic heterocycles. The summed E-state index contributed by atoms with van der Waals surface area (Å²) >= 11 is 0. The van der Waals surface area contributed by atoms with Crippen LogP contribution in [0.1, 0.15) is 28.9 Å². The molecule has 1 aromatic carbocycles. The van der Waals surface area contributed by atoms with E-state index in [9.17, 15) is 18.7 Å². The predicted octanol–water partition coefficient (Wildman–Crippen LogP) is 2.96. The highest BCUT2D eigenvalue weighted by atomic mass is 19.3. The highest BCUT2D eigenvalue weighted by molar-refractivity contribution is 5.73. The van der Waals surface area contributed by atoms with Crippen LogP contribution in [-0.4, -0.2) is 28.7 Å². The maximum Gasteiger partial charge on any atom is 0.387 e. The standard InChI is InChI=1S/C19H20F2N2O3/c20-19(21)26-15-8-4-12(5-9-15)10-17(18(24)25)22-11-14-7-6-13-2-1-3-16(13)23-14/h4-9,17,19,22H,1-3,10-11H2,(H,24,25). The van der Waals surface area contributed by atoms with Crippen molar-refractivity contribution < 1.29 is 23.4 Å². The lowest BCUT2D eigenvalue weighted by atomic mass is 10.1. The Hall–Kier alpha value is -2.54. The third-order valence-electron chi connectivity index (χ3n) is 4.40. The predicted molar refractivity (Wildman–Crippen MR) is 91.3 cm³/mol. The number of ether oxygens (including phenoxy) is 1. The lowest BCUT2D eigenvalue weighted by Gasteiger charge is -2.15. The molecule has 1 aromatic heterocycles. The molecule has 0 radical (unpaired) electrons. The van der Waals surface area contributed by atoms with Gasteiger partial charge in [0.15, 0.2) is 0 Å². The fourth-order valence-electron chi connectivity index (χ4n) is 3.08. The second-order valence-electron chi connectivity index (χ2n) is 6.26. The number of aryl methyl sites for hydroxylation is 2. The fraction of sp³-hybridized carbons (Fsp3) is 0.368. The molecule has 0 saturated heterocycles. The highest BCUT2D eigenvalue weighted by Gasteiger charge is 2.19. The Kier molecular flexibility index (Phi) is 5.78. The zero-order valence-electron chi connectivity index (χ0n) is 14.1. The molecule has 2 N–H and O–H groups in total. The Morgan fingerprint density at radius 2 is 1.96 bits per heavy atom. The topological polar surface area (TPSA) is 71.5 Å². The Morgan fingerprint density at radius 1 is 1.19 bits per heavy atom. The van der Waals surface area contributed by atoms with Crippen LogP contribution in [0.4, 0.5) is 8.78 Å². The minimum atomic E-state index is -2.88. The largest absolute Gasteiger partial charge is 0.480 e. The van der Waals surface area contributed by atoms with E-state index < -0.39 is 18.6 Å². The quantitative estimate of drug-likeness (QED) is 0.755. The molecular weight excluding hydrogens is 342 g/mol. The van der Waals surface area contributed by atoms with E-state index in [1.165, 1.54) is 17.7 Å². The van der Waals surface area contributed by atoms with Crippen molar-refractivity contribution >= 4 is 5.97 Å². The van der Waals surface area contributed by atoms with E-state index in [-0.39, 0.29) is 12.2 Å². The van der Waals surface area contributed by atoms with Crippen molar-refractivity contribution in [3.05, 3.63) is 58.9 Å². The molecule has 2 aromatic rings. The minimum Gasteiger partial charge on any atom is -0.480 e. The Bertz CT molecular complexity index is 766. The summed E-state index contributed by atoms with van der Waals surface area (Å²) in [7, 11) is 0. The van der Waals surface area contributed by atoms with Crippen LogP contribution in [0.3, 0.4) is 0 Å². The number of aromatic nitrogens is 1. The van der Waals surface area contributed by atoms with Gasteiger partial charge < -0.3 is 9.84 Å². The number of carboxylic acid groups (broad SMARTS) is 1. The molecule has 0 amide bonds. The number of hydrogen-bond acceptors (Lipinski definition) is 4. The smallest absolute Gasteiger partial charge is 0.387 e. The number of halogens is 2. The lowest BCUT2D eigenvalue weighted by molar-refractivity contribution is -0.139. The Labute approximate surface area is 150 Å². The van der Waals surface area contributed by atoms with Crippen LogP contribution in [-0.2, 0) is 30.6 Å². The van der Waals surface area contributed by atoms with Gasteiger partial charge >= 0.3 is 12.6 Å². The zero-order chi connectivity index (χ0) is 18.5. The van der Waals surface area contributed by atoms with Crippen LogP contribution in [0.25, 0.3) is 0 Å². The first-order valence-electron chi connectivity index (χ1n) is 8.49. The van der Waals surface area contributed by atoms with Gasteiger partial charge in [0.05, 0.1) is 5.69 Å². The van der Waals surface area contributed by atoms with Crippen LogP contribution in [0.2, 0.25) is 0 Å². The van der Waals surface area contributed by atoms with E-state index >= 15 is 0 Å². The van der Waals surface area contributed by atoms with E-state index in [1.807, 2.05) is 6.07 Å². The summed E-state index contributed by atoms with van der Waals surface area (Å²) in [5, 5.41) is 12.4. The van der Waals surface area contributed by atoms with Crippen LogP contribution in [0, 0.1) is 0 Å². The average Bonchev–Trinajstić information content (AvgIpc) is 3.07. The number of rotatable bonds is 8. The van der Waals surface area contributed by atoms with Crippen molar-refractivity contribution in [3.8, 4) is 5.75 Å². The van der Waals surface area contributed by atoms with Gasteiger partial charge in [-0.2, -0.15) is 8.78 Å². The van der Waals surface area contributed by atoms with Crippen LogP contribution in [0.5, 0.6) is 5.75 Å². The molecule has 1 unspecified atom stereocenters. The number of carboxylic acids is 1. The lowest BCUT2D eigenvalue weighted by Crippen LogP contribution is -2.38. The molecule has 0 spiro atoms. The van der Waals surface area contributed by atoms with Crippen LogP contribution in [0.15, 0.2) is 36.4 Å². The first-order chi connectivity index (χ1) is 12.5. The van der Waals surface area contributed by atoms with Crippen molar-refractivity contribution in [3.63, 3.8) is 0 Å². The van der Waals surface area contributed by atoms with Gasteiger partial charge in [0.1, 0.15) is 11.8 Å². The first-order valence-corrected chi connectivity index (χ1v) is 8.49. The molecule has 1 aliphatic rings. The molecule has 7 heteroatoms. The fourth-order valence-corrected chi connectivity index (χ4v) is 3.08. The molecule has 1 aliphatic carbocycles. The minimum absolute atomic E-state index is 0.0472. The molecule has 0 fully saturated rings. The molecule has 138 valence electrons. The van der Waals surface area contributed by atoms with Gasteiger partial charge in [-0.15, -0.1) is 0 Å². The summed E-state index contributed by atoms with van der Waals surface area (Å²) in [6.45, 7) is -2.52. The van der Waals surface area contributed by atoms with Gasteiger partial charge in [-0.1, -0.05) is 18.2 Å². The van der Waals surface area contributed by atoms with E-state index in [0.717, 1.165) is 30.7 Å². The number of aliphatic carboxylic acids is 1. The summed E-state index contributed by atoms with van der Waals surface area (Å²) in [5.74, 6) is -0.926. The zero-order valence-corrected chi connectivity index (χ0v) is 14.1. The maximum atomic E-state index is 12.2. The molecule has 3 rings (SSSR count). The number of nitrogens with zero attached hydrogens (tertiary/aromatic N) is 1. The molecule has 26 heavy (non-hydrogen) atoms. The van der Waals surface area contributed by atoms with E-state index in [4.69, 9.17) is 0 Å². The number of nitrogens with one attached hydrogen (secondary N) is 1. The van der Waals surface area contributed by atoms with Crippen LogP contribution >= 0.6 is 0 Å². The van der Waals surface area contributed by atoms with Crippen molar-refractivity contribution in [2.45, 2.75) is 44.9 Å². The number of benzene rings is 1. The molecule has 1 atom stereocenters. The summed E-state index contributed by atoms with van der Waals surface area (Å²) in [5.41, 5.74) is 3.91. The molecule has 0 saturated carbocycles. The Morgan fingerprint density at radius 3 is 2.65 bits per heavy atom. The van der Waals surface area contributed by atoms with Gasteiger partial charge in [0, 0.05) is 12.2 Å². The summed E-state index contributed by atoms with van der Waals surface area (Å²) in [6, 6.07) is 9.17. The van der Waals surface area contributed by atoms with Gasteiger partial charge in [0.25, 0.3) is 0 Å². The van der Waals surface area contributed by atoms with Crippen molar-refractivity contribution in [2.75, 3.05) is 0 Å². The third kappa shape index (κ3) is 4.76. The summed E-state index contributed by atoms with van der Waals surface area (Å²) in [4.78, 5) is 16.1. The van der Waals surface area contributed by atoms with Crippen LogP contribution < -0.4 is 10.1 Å². The van der Waals surface area contributed by atoms with Crippen molar-refractivity contribution in [2.24, 2.45) is 0 Å². The third-order valence-corrected chi connectivity index (χ3v) is 4.40. The number of fused-ring (bicyclic) bond motifs is 1. The summed E-state index contributed by atoms with van der Waals surface area (Å²) in [6.07, 6.45) is 3.37. The van der Waals surface area contributed by atoms with Gasteiger partial charge in [-0.05, 0) is 55.0 Å². The van der Waals surface area contributed by atoms with E-state index in [0.29, 0.717) is 12.1 Å². The second kappa shape index (κ2) is 8.23. The van der Waals surface area contributed by atoms with Gasteiger partial charge in [-0.3, -0.25) is 15.1 Å². The Balaban J connectivity index is 1.59. The molecule has 0 bridgehead atoms. The number of alkyl halides is 2. The van der Waals surface area contributed by atoms with E-state index in [2.05, 4.69) is 21.1 Å². The normalized spacial score (nSPS) is 14.3. The average molecular weight is 362 g/mol. The second-order valence-corrected chi connectivity index (χ2v) is 6.26.